The van der Waals surface area contributed by atoms with E-state index in [2.05, 4.69) is 4.99 Å². The van der Waals surface area contributed by atoms with Crippen molar-refractivity contribution in [3.8, 4) is 0 Å². The Morgan fingerprint density at radius 1 is 1.36 bits per heavy atom. The highest BCUT2D eigenvalue weighted by Gasteiger charge is 2.17. The van der Waals surface area contributed by atoms with Gasteiger partial charge in [-0.25, -0.2) is 4.79 Å². The fraction of sp³-hybridized carbons (Fsp3) is 0. The Morgan fingerprint density at radius 2 is 2.18 bits per heavy atom. The van der Waals surface area contributed by atoms with Crippen molar-refractivity contribution in [2.75, 3.05) is 0 Å². The highest BCUT2D eigenvalue weighted by Crippen LogP contribution is 2.25. The summed E-state index contributed by atoms with van der Waals surface area (Å²) in [6.07, 6.45) is 6.54. The fourth-order valence-electron chi connectivity index (χ4n) is 1.09. The molecule has 1 heterocycles. The molecular formula is C8H5NO2. The summed E-state index contributed by atoms with van der Waals surface area (Å²) >= 11 is 0. The second-order valence-electron chi connectivity index (χ2n) is 2.37. The van der Waals surface area contributed by atoms with Gasteiger partial charge in [0, 0.05) is 23.6 Å². The molecule has 54 valence electrons. The Labute approximate surface area is 63.1 Å². The van der Waals surface area contributed by atoms with Crippen LogP contribution in [0.15, 0.2) is 40.1 Å². The molecule has 0 radical (unpaired) electrons. The predicted molar refractivity (Wildman–Crippen MR) is 40.4 cm³/mol. The van der Waals surface area contributed by atoms with Crippen LogP contribution >= 0.6 is 0 Å². The van der Waals surface area contributed by atoms with Gasteiger partial charge in [-0.2, -0.15) is 0 Å². The van der Waals surface area contributed by atoms with Gasteiger partial charge in [0.25, 0.3) is 0 Å². The summed E-state index contributed by atoms with van der Waals surface area (Å²) in [4.78, 5) is 14.3. The van der Waals surface area contributed by atoms with Crippen LogP contribution in [0.5, 0.6) is 0 Å². The summed E-state index contributed by atoms with van der Waals surface area (Å²) < 4.78 is 0. The number of aliphatic carboxylic acids is 1. The number of carboxylic acid groups (broad SMARTS) is 1. The third-order valence-electron chi connectivity index (χ3n) is 1.63. The molecule has 0 unspecified atom stereocenters. The lowest BCUT2D eigenvalue weighted by Crippen LogP contribution is -1.94. The van der Waals surface area contributed by atoms with Gasteiger partial charge in [-0.3, -0.25) is 4.99 Å². The minimum absolute atomic E-state index is 0.331. The van der Waals surface area contributed by atoms with Gasteiger partial charge in [0.05, 0.1) is 5.57 Å². The smallest absolute Gasteiger partial charge is 0.335 e. The Bertz CT molecular complexity index is 345. The summed E-state index contributed by atoms with van der Waals surface area (Å²) in [5.74, 6) is -0.888. The summed E-state index contributed by atoms with van der Waals surface area (Å²) in [5.41, 5.74) is 2.11. The number of rotatable bonds is 1. The van der Waals surface area contributed by atoms with E-state index < -0.39 is 5.97 Å². The molecule has 1 aliphatic heterocycles. The highest BCUT2D eigenvalue weighted by molar-refractivity contribution is 6.00. The van der Waals surface area contributed by atoms with Crippen LogP contribution in [0.1, 0.15) is 0 Å². The summed E-state index contributed by atoms with van der Waals surface area (Å²) in [6, 6.07) is 0. The van der Waals surface area contributed by atoms with Gasteiger partial charge in [-0.15, -0.1) is 0 Å². The van der Waals surface area contributed by atoms with E-state index in [1.165, 1.54) is 0 Å². The van der Waals surface area contributed by atoms with Gasteiger partial charge in [0.15, 0.2) is 0 Å². The van der Waals surface area contributed by atoms with Crippen molar-refractivity contribution in [3.63, 3.8) is 0 Å². The van der Waals surface area contributed by atoms with E-state index in [4.69, 9.17) is 5.11 Å². The standard InChI is InChI=1S/C8H5NO2/c10-8(11)5-1-6-3-9-4-7(6)2-5/h1-4H,(H,10,11). The zero-order chi connectivity index (χ0) is 7.84. The molecule has 3 heteroatoms. The van der Waals surface area contributed by atoms with Gasteiger partial charge in [-0.05, 0) is 12.2 Å². The van der Waals surface area contributed by atoms with Crippen LogP contribution in [0.3, 0.4) is 0 Å². The molecule has 0 saturated heterocycles. The van der Waals surface area contributed by atoms with Crippen molar-refractivity contribution in [2.24, 2.45) is 4.99 Å². The zero-order valence-corrected chi connectivity index (χ0v) is 5.61. The molecule has 0 saturated carbocycles. The molecule has 0 aromatic heterocycles. The van der Waals surface area contributed by atoms with Gasteiger partial charge in [-0.1, -0.05) is 0 Å². The zero-order valence-electron chi connectivity index (χ0n) is 5.61. The highest BCUT2D eigenvalue weighted by atomic mass is 16.4. The van der Waals surface area contributed by atoms with Crippen LogP contribution < -0.4 is 0 Å². The Kier molecular flexibility index (Phi) is 1.06. The van der Waals surface area contributed by atoms with Gasteiger partial charge in [0.2, 0.25) is 0 Å². The molecule has 0 bridgehead atoms. The van der Waals surface area contributed by atoms with E-state index in [1.54, 1.807) is 24.6 Å². The molecule has 3 nitrogen and oxygen atoms in total. The molecule has 1 N–H and O–H groups in total. The average Bonchev–Trinajstić information content (AvgIpc) is 2.40. The van der Waals surface area contributed by atoms with Crippen molar-refractivity contribution in [2.45, 2.75) is 0 Å². The third kappa shape index (κ3) is 0.816. The maximum Gasteiger partial charge on any atom is 0.335 e. The van der Waals surface area contributed by atoms with Crippen LogP contribution in [-0.2, 0) is 4.79 Å². The van der Waals surface area contributed by atoms with E-state index in [1.807, 2.05) is 0 Å². The lowest BCUT2D eigenvalue weighted by atomic mass is 10.2. The molecule has 2 rings (SSSR count). The second kappa shape index (κ2) is 1.92. The van der Waals surface area contributed by atoms with Crippen molar-refractivity contribution in [3.05, 3.63) is 35.1 Å². The molecule has 0 aromatic carbocycles. The Balaban J connectivity index is 2.41. The minimum atomic E-state index is -0.888. The minimum Gasteiger partial charge on any atom is -0.478 e. The predicted octanol–water partition coefficient (Wildman–Crippen LogP) is 0.906. The van der Waals surface area contributed by atoms with Crippen LogP contribution in [0, 0.1) is 0 Å². The van der Waals surface area contributed by atoms with Gasteiger partial charge < -0.3 is 5.11 Å². The Morgan fingerprint density at radius 3 is 2.82 bits per heavy atom. The molecular weight excluding hydrogens is 142 g/mol. The topological polar surface area (TPSA) is 49.7 Å². The van der Waals surface area contributed by atoms with Crippen LogP contribution in [-0.4, -0.2) is 17.3 Å². The number of aliphatic imine (C=N–C) groups is 1. The summed E-state index contributed by atoms with van der Waals surface area (Å²) in [7, 11) is 0. The molecule has 1 aliphatic carbocycles. The maximum absolute atomic E-state index is 10.4. The number of carboxylic acids is 1. The van der Waals surface area contributed by atoms with E-state index in [0.717, 1.165) is 11.1 Å². The van der Waals surface area contributed by atoms with Gasteiger partial charge in [0.1, 0.15) is 0 Å². The first kappa shape index (κ1) is 6.09. The molecule has 0 aromatic rings. The molecule has 11 heavy (non-hydrogen) atoms. The SMILES string of the molecule is O=C(O)C1=CC2=CN=CC2=C1. The largest absolute Gasteiger partial charge is 0.478 e. The Hall–Kier alpha value is -1.64. The molecule has 0 amide bonds. The quantitative estimate of drug-likeness (QED) is 0.599. The number of fused-ring (bicyclic) bond motifs is 1. The first-order valence-electron chi connectivity index (χ1n) is 3.18. The number of hydrogen-bond acceptors (Lipinski definition) is 2. The van der Waals surface area contributed by atoms with Crippen molar-refractivity contribution < 1.29 is 9.90 Å². The number of carbonyl (C=O) groups is 1. The van der Waals surface area contributed by atoms with E-state index in [0.29, 0.717) is 5.57 Å². The fourth-order valence-corrected chi connectivity index (χ4v) is 1.09. The summed E-state index contributed by atoms with van der Waals surface area (Å²) in [6.45, 7) is 0. The molecule has 2 aliphatic rings. The average molecular weight is 147 g/mol. The lowest BCUT2D eigenvalue weighted by molar-refractivity contribution is -0.132. The van der Waals surface area contributed by atoms with Crippen molar-refractivity contribution in [1.29, 1.82) is 0 Å². The number of allylic oxidation sites excluding steroid dienone is 3. The van der Waals surface area contributed by atoms with Crippen molar-refractivity contribution in [1.82, 2.24) is 0 Å². The summed E-state index contributed by atoms with van der Waals surface area (Å²) in [5, 5.41) is 8.58. The number of nitrogens with zero attached hydrogens (tertiary/aromatic N) is 1. The van der Waals surface area contributed by atoms with E-state index in [-0.39, 0.29) is 0 Å². The molecule has 0 spiro atoms. The van der Waals surface area contributed by atoms with Gasteiger partial charge >= 0.3 is 5.97 Å². The maximum atomic E-state index is 10.4. The lowest BCUT2D eigenvalue weighted by Gasteiger charge is -1.84. The second-order valence-corrected chi connectivity index (χ2v) is 2.37. The first-order valence-corrected chi connectivity index (χ1v) is 3.18. The first-order chi connectivity index (χ1) is 5.27. The number of hydrogen-bond donors (Lipinski definition) is 1. The van der Waals surface area contributed by atoms with E-state index in [9.17, 15) is 4.79 Å². The normalized spacial score (nSPS) is 19.1. The van der Waals surface area contributed by atoms with Crippen LogP contribution in [0.4, 0.5) is 0 Å². The van der Waals surface area contributed by atoms with Crippen LogP contribution in [0.2, 0.25) is 0 Å². The van der Waals surface area contributed by atoms with Crippen LogP contribution in [0.25, 0.3) is 0 Å². The monoisotopic (exact) mass is 147 g/mol. The molecule has 0 atom stereocenters. The third-order valence-corrected chi connectivity index (χ3v) is 1.63. The van der Waals surface area contributed by atoms with E-state index >= 15 is 0 Å². The van der Waals surface area contributed by atoms with Crippen molar-refractivity contribution >= 4 is 12.2 Å². The molecule has 0 fully saturated rings.